The number of rotatable bonds is 6. The predicted octanol–water partition coefficient (Wildman–Crippen LogP) is 2.26. The van der Waals surface area contributed by atoms with E-state index in [1.807, 2.05) is 0 Å². The van der Waals surface area contributed by atoms with E-state index in [1.54, 1.807) is 26.0 Å². The molecule has 2 N–H and O–H groups in total. The minimum Gasteiger partial charge on any atom is -0.493 e. The number of ether oxygens (including phenoxy) is 1. The minimum atomic E-state index is -0.966. The van der Waals surface area contributed by atoms with Gasteiger partial charge in [-0.2, -0.15) is 0 Å². The zero-order chi connectivity index (χ0) is 16.1. The van der Waals surface area contributed by atoms with Crippen LogP contribution >= 0.6 is 11.8 Å². The first-order valence-corrected chi connectivity index (χ1v) is 7.62. The number of carboxylic acid groups (broad SMARTS) is 1. The topological polar surface area (TPSA) is 92.3 Å². The van der Waals surface area contributed by atoms with Crippen molar-refractivity contribution in [3.63, 3.8) is 0 Å². The van der Waals surface area contributed by atoms with Crippen LogP contribution in [0.3, 0.4) is 0 Å². The maximum atomic E-state index is 11.6. The molecule has 1 aromatic carbocycles. The maximum Gasteiger partial charge on any atom is 0.335 e. The summed E-state index contributed by atoms with van der Waals surface area (Å²) in [6, 6.07) is 6.22. The molecule has 2 rings (SSSR count). The molecule has 0 bridgehead atoms. The number of nitrogens with zero attached hydrogens (tertiary/aromatic N) is 1. The second-order valence-corrected chi connectivity index (χ2v) is 5.69. The van der Waals surface area contributed by atoms with Gasteiger partial charge in [0.05, 0.1) is 12.2 Å². The van der Waals surface area contributed by atoms with E-state index in [0.29, 0.717) is 28.8 Å². The lowest BCUT2D eigenvalue weighted by Crippen LogP contribution is -2.14. The highest BCUT2D eigenvalue weighted by molar-refractivity contribution is 7.99. The Morgan fingerprint density at radius 3 is 2.59 bits per heavy atom. The van der Waals surface area contributed by atoms with Crippen molar-refractivity contribution in [1.82, 2.24) is 9.97 Å². The monoisotopic (exact) mass is 320 g/mol. The minimum absolute atomic E-state index is 0.125. The fourth-order valence-corrected chi connectivity index (χ4v) is 2.41. The van der Waals surface area contributed by atoms with E-state index in [9.17, 15) is 9.59 Å². The number of carbonyl (C=O) groups is 1. The summed E-state index contributed by atoms with van der Waals surface area (Å²) in [6.07, 6.45) is 0. The number of aryl methyl sites for hydroxylation is 1. The normalized spacial score (nSPS) is 10.5. The van der Waals surface area contributed by atoms with Gasteiger partial charge in [0.25, 0.3) is 5.56 Å². The third-order valence-corrected chi connectivity index (χ3v) is 3.90. The van der Waals surface area contributed by atoms with Crippen LogP contribution in [-0.4, -0.2) is 33.4 Å². The van der Waals surface area contributed by atoms with Crippen molar-refractivity contribution in [3.05, 3.63) is 51.4 Å². The number of hydrogen-bond acceptors (Lipinski definition) is 5. The van der Waals surface area contributed by atoms with E-state index < -0.39 is 5.97 Å². The Bertz CT molecular complexity index is 725. The van der Waals surface area contributed by atoms with Crippen LogP contribution in [0.4, 0.5) is 0 Å². The molecule has 0 aliphatic heterocycles. The summed E-state index contributed by atoms with van der Waals surface area (Å²) in [5.74, 6) is 0.255. The molecule has 0 aliphatic rings. The number of thioether (sulfide) groups is 1. The van der Waals surface area contributed by atoms with E-state index in [1.165, 1.54) is 23.9 Å². The average molecular weight is 320 g/mol. The summed E-state index contributed by atoms with van der Waals surface area (Å²) < 4.78 is 5.51. The first kappa shape index (κ1) is 16.1. The molecule has 0 aliphatic carbocycles. The number of H-pyrrole nitrogens is 1. The van der Waals surface area contributed by atoms with Gasteiger partial charge in [0, 0.05) is 17.0 Å². The summed E-state index contributed by atoms with van der Waals surface area (Å²) in [7, 11) is 0. The fraction of sp³-hybridized carbons (Fsp3) is 0.267. The van der Waals surface area contributed by atoms with Crippen molar-refractivity contribution in [3.8, 4) is 5.75 Å². The Kier molecular flexibility index (Phi) is 5.21. The molecule has 0 unspecified atom stereocenters. The summed E-state index contributed by atoms with van der Waals surface area (Å²) in [5, 5.41) is 9.37. The fourth-order valence-electron chi connectivity index (χ4n) is 1.68. The first-order valence-electron chi connectivity index (χ1n) is 6.64. The SMILES string of the molecule is Cc1nc(SCCOc2ccc(C(=O)O)cc2)[nH]c(=O)c1C. The maximum absolute atomic E-state index is 11.6. The van der Waals surface area contributed by atoms with Crippen molar-refractivity contribution >= 4 is 17.7 Å². The summed E-state index contributed by atoms with van der Waals surface area (Å²) in [6.45, 7) is 3.96. The molecule has 0 fully saturated rings. The molecule has 6 nitrogen and oxygen atoms in total. The van der Waals surface area contributed by atoms with Gasteiger partial charge in [-0.05, 0) is 38.1 Å². The summed E-state index contributed by atoms with van der Waals surface area (Å²) in [5.41, 5.74) is 1.44. The lowest BCUT2D eigenvalue weighted by molar-refractivity contribution is 0.0697. The van der Waals surface area contributed by atoms with Crippen LogP contribution < -0.4 is 10.3 Å². The van der Waals surface area contributed by atoms with Crippen molar-refractivity contribution in [2.45, 2.75) is 19.0 Å². The molecule has 0 saturated carbocycles. The van der Waals surface area contributed by atoms with E-state index >= 15 is 0 Å². The zero-order valence-electron chi connectivity index (χ0n) is 12.3. The first-order chi connectivity index (χ1) is 10.5. The highest BCUT2D eigenvalue weighted by Crippen LogP contribution is 2.15. The van der Waals surface area contributed by atoms with Crippen LogP contribution in [-0.2, 0) is 0 Å². The van der Waals surface area contributed by atoms with Crippen LogP contribution in [0.25, 0.3) is 0 Å². The molecule has 0 amide bonds. The molecule has 0 radical (unpaired) electrons. The van der Waals surface area contributed by atoms with Gasteiger partial charge < -0.3 is 14.8 Å². The third kappa shape index (κ3) is 4.11. The number of benzene rings is 1. The number of aromatic amines is 1. The number of carboxylic acids is 1. The van der Waals surface area contributed by atoms with Gasteiger partial charge in [0.1, 0.15) is 5.75 Å². The largest absolute Gasteiger partial charge is 0.493 e. The highest BCUT2D eigenvalue weighted by atomic mass is 32.2. The van der Waals surface area contributed by atoms with E-state index in [-0.39, 0.29) is 11.1 Å². The van der Waals surface area contributed by atoms with Gasteiger partial charge in [-0.1, -0.05) is 11.8 Å². The molecule has 116 valence electrons. The summed E-state index contributed by atoms with van der Waals surface area (Å²) in [4.78, 5) is 29.3. The molecule has 7 heteroatoms. The molecular formula is C15H16N2O4S. The highest BCUT2D eigenvalue weighted by Gasteiger charge is 2.05. The average Bonchev–Trinajstić information content (AvgIpc) is 2.49. The van der Waals surface area contributed by atoms with Crippen molar-refractivity contribution < 1.29 is 14.6 Å². The molecule has 2 aromatic rings. The number of aromatic nitrogens is 2. The Labute approximate surface area is 131 Å². The predicted molar refractivity (Wildman–Crippen MR) is 84.0 cm³/mol. The lowest BCUT2D eigenvalue weighted by atomic mass is 10.2. The van der Waals surface area contributed by atoms with E-state index in [2.05, 4.69) is 9.97 Å². The van der Waals surface area contributed by atoms with Gasteiger partial charge in [-0.3, -0.25) is 4.79 Å². The van der Waals surface area contributed by atoms with Gasteiger partial charge in [0.2, 0.25) is 0 Å². The van der Waals surface area contributed by atoms with Crippen molar-refractivity contribution in [2.24, 2.45) is 0 Å². The molecule has 0 atom stereocenters. The van der Waals surface area contributed by atoms with Crippen LogP contribution in [0.1, 0.15) is 21.6 Å². The van der Waals surface area contributed by atoms with E-state index in [0.717, 1.165) is 5.69 Å². The van der Waals surface area contributed by atoms with Gasteiger partial charge in [0.15, 0.2) is 5.16 Å². The quantitative estimate of drug-likeness (QED) is 0.482. The van der Waals surface area contributed by atoms with Crippen molar-refractivity contribution in [2.75, 3.05) is 12.4 Å². The molecule has 0 spiro atoms. The van der Waals surface area contributed by atoms with Crippen LogP contribution in [0, 0.1) is 13.8 Å². The second kappa shape index (κ2) is 7.13. The lowest BCUT2D eigenvalue weighted by Gasteiger charge is -2.07. The van der Waals surface area contributed by atoms with Crippen LogP contribution in [0.2, 0.25) is 0 Å². The second-order valence-electron chi connectivity index (χ2n) is 4.61. The van der Waals surface area contributed by atoms with Crippen LogP contribution in [0.15, 0.2) is 34.2 Å². The van der Waals surface area contributed by atoms with E-state index in [4.69, 9.17) is 9.84 Å². The Morgan fingerprint density at radius 1 is 1.32 bits per heavy atom. The number of aromatic carboxylic acids is 1. The van der Waals surface area contributed by atoms with Crippen molar-refractivity contribution in [1.29, 1.82) is 0 Å². The Morgan fingerprint density at radius 2 is 2.00 bits per heavy atom. The third-order valence-electron chi connectivity index (χ3n) is 3.07. The Balaban J connectivity index is 1.84. The molecule has 0 saturated heterocycles. The van der Waals surface area contributed by atoms with Crippen LogP contribution in [0.5, 0.6) is 5.75 Å². The number of hydrogen-bond donors (Lipinski definition) is 2. The Hall–Kier alpha value is -2.28. The van der Waals surface area contributed by atoms with Gasteiger partial charge in [-0.15, -0.1) is 0 Å². The molecule has 22 heavy (non-hydrogen) atoms. The smallest absolute Gasteiger partial charge is 0.335 e. The summed E-state index contributed by atoms with van der Waals surface area (Å²) >= 11 is 1.40. The molecular weight excluding hydrogens is 304 g/mol. The van der Waals surface area contributed by atoms with Gasteiger partial charge in [-0.25, -0.2) is 9.78 Å². The number of nitrogens with one attached hydrogen (secondary N) is 1. The zero-order valence-corrected chi connectivity index (χ0v) is 13.1. The standard InChI is InChI=1S/C15H16N2O4S/c1-9-10(2)16-15(17-13(9)18)22-8-7-21-12-5-3-11(4-6-12)14(19)20/h3-6H,7-8H2,1-2H3,(H,19,20)(H,16,17,18). The molecule has 1 aromatic heterocycles. The van der Waals surface area contributed by atoms with Gasteiger partial charge >= 0.3 is 5.97 Å². The molecule has 1 heterocycles.